The molecule has 0 unspecified atom stereocenters. The fourth-order valence-electron chi connectivity index (χ4n) is 5.26. The summed E-state index contributed by atoms with van der Waals surface area (Å²) in [5, 5.41) is 0. The standard InChI is InChI=1S/C24H33N3O5/c1-16-6-10-24(11-7-16)27(22(29)18-4-3-5-19(14-18)31-2)20(15-32-24)23(30)26-12-8-17(9-13-26)21(25)28/h3-5,14,16-17,20H,6-13,15H2,1-2H3,(H2,25,28)/t16?,20-,24?/m1/s1. The van der Waals surface area contributed by atoms with Gasteiger partial charge in [-0.25, -0.2) is 0 Å². The number of likely N-dealkylation sites (tertiary alicyclic amines) is 1. The van der Waals surface area contributed by atoms with E-state index >= 15 is 0 Å². The fourth-order valence-corrected chi connectivity index (χ4v) is 5.26. The highest BCUT2D eigenvalue weighted by molar-refractivity contribution is 5.98. The maximum absolute atomic E-state index is 13.8. The van der Waals surface area contributed by atoms with Crippen molar-refractivity contribution in [2.45, 2.75) is 57.2 Å². The maximum Gasteiger partial charge on any atom is 0.257 e. The van der Waals surface area contributed by atoms with Crippen molar-refractivity contribution in [2.24, 2.45) is 17.6 Å². The van der Waals surface area contributed by atoms with Gasteiger partial charge in [-0.1, -0.05) is 13.0 Å². The van der Waals surface area contributed by atoms with Gasteiger partial charge in [0, 0.05) is 24.6 Å². The number of nitrogens with zero attached hydrogens (tertiary/aromatic N) is 2. The van der Waals surface area contributed by atoms with Crippen LogP contribution in [0.25, 0.3) is 0 Å². The Morgan fingerprint density at radius 2 is 1.81 bits per heavy atom. The van der Waals surface area contributed by atoms with Crippen molar-refractivity contribution >= 4 is 17.7 Å². The lowest BCUT2D eigenvalue weighted by Crippen LogP contribution is -2.58. The molecule has 1 aliphatic carbocycles. The lowest BCUT2D eigenvalue weighted by Gasteiger charge is -2.43. The first-order chi connectivity index (χ1) is 15.3. The Kier molecular flexibility index (Phi) is 6.42. The van der Waals surface area contributed by atoms with E-state index in [2.05, 4.69) is 6.92 Å². The highest BCUT2D eigenvalue weighted by atomic mass is 16.5. The Bertz CT molecular complexity index is 872. The zero-order valence-corrected chi connectivity index (χ0v) is 18.9. The molecule has 2 saturated heterocycles. The van der Waals surface area contributed by atoms with Crippen LogP contribution in [0.4, 0.5) is 0 Å². The zero-order chi connectivity index (χ0) is 22.9. The van der Waals surface area contributed by atoms with Crippen LogP contribution in [-0.4, -0.2) is 66.1 Å². The van der Waals surface area contributed by atoms with Crippen LogP contribution in [0.1, 0.15) is 55.8 Å². The summed E-state index contributed by atoms with van der Waals surface area (Å²) < 4.78 is 11.6. The molecule has 2 heterocycles. The zero-order valence-electron chi connectivity index (χ0n) is 18.9. The molecule has 3 amide bonds. The average molecular weight is 444 g/mol. The summed E-state index contributed by atoms with van der Waals surface area (Å²) in [7, 11) is 1.56. The van der Waals surface area contributed by atoms with Crippen LogP contribution in [0, 0.1) is 11.8 Å². The molecule has 0 radical (unpaired) electrons. The molecule has 8 heteroatoms. The number of primary amides is 1. The van der Waals surface area contributed by atoms with Crippen LogP contribution in [0.5, 0.6) is 5.75 Å². The Hall–Kier alpha value is -2.61. The number of benzene rings is 1. The summed E-state index contributed by atoms with van der Waals surface area (Å²) in [4.78, 5) is 42.3. The van der Waals surface area contributed by atoms with Gasteiger partial charge in [0.2, 0.25) is 11.8 Å². The predicted octanol–water partition coefficient (Wildman–Crippen LogP) is 2.17. The summed E-state index contributed by atoms with van der Waals surface area (Å²) in [6.45, 7) is 3.34. The molecule has 0 aromatic heterocycles. The van der Waals surface area contributed by atoms with Gasteiger partial charge in [0.1, 0.15) is 17.5 Å². The van der Waals surface area contributed by atoms with Gasteiger partial charge in [-0.2, -0.15) is 0 Å². The van der Waals surface area contributed by atoms with Crippen LogP contribution in [0.3, 0.4) is 0 Å². The van der Waals surface area contributed by atoms with E-state index in [1.54, 1.807) is 41.2 Å². The number of carbonyl (C=O) groups is 3. The summed E-state index contributed by atoms with van der Waals surface area (Å²) in [6, 6.07) is 6.36. The second-order valence-corrected chi connectivity index (χ2v) is 9.36. The summed E-state index contributed by atoms with van der Waals surface area (Å²) >= 11 is 0. The smallest absolute Gasteiger partial charge is 0.257 e. The van der Waals surface area contributed by atoms with Gasteiger partial charge in [0.05, 0.1) is 13.7 Å². The van der Waals surface area contributed by atoms with Gasteiger partial charge < -0.3 is 20.1 Å². The normalized spacial score (nSPS) is 28.7. The van der Waals surface area contributed by atoms with Gasteiger partial charge in [-0.05, 0) is 62.6 Å². The van der Waals surface area contributed by atoms with Crippen molar-refractivity contribution in [1.82, 2.24) is 9.80 Å². The van der Waals surface area contributed by atoms with Crippen molar-refractivity contribution in [1.29, 1.82) is 0 Å². The number of ether oxygens (including phenoxy) is 2. The molecule has 1 atom stereocenters. The van der Waals surface area contributed by atoms with E-state index in [9.17, 15) is 14.4 Å². The molecular formula is C24H33N3O5. The van der Waals surface area contributed by atoms with E-state index in [-0.39, 0.29) is 30.2 Å². The molecule has 1 spiro atoms. The molecule has 3 aliphatic rings. The van der Waals surface area contributed by atoms with Crippen molar-refractivity contribution in [3.05, 3.63) is 29.8 Å². The second kappa shape index (κ2) is 9.10. The first kappa shape index (κ1) is 22.6. The monoisotopic (exact) mass is 443 g/mol. The van der Waals surface area contributed by atoms with Crippen LogP contribution in [-0.2, 0) is 14.3 Å². The van der Waals surface area contributed by atoms with Gasteiger partial charge in [-0.15, -0.1) is 0 Å². The molecule has 4 rings (SSSR count). The van der Waals surface area contributed by atoms with Crippen molar-refractivity contribution in [3.8, 4) is 5.75 Å². The van der Waals surface area contributed by atoms with E-state index in [4.69, 9.17) is 15.2 Å². The van der Waals surface area contributed by atoms with E-state index in [0.29, 0.717) is 43.2 Å². The molecule has 174 valence electrons. The molecule has 1 aromatic rings. The number of nitrogens with two attached hydrogens (primary N) is 1. The second-order valence-electron chi connectivity index (χ2n) is 9.36. The van der Waals surface area contributed by atoms with Crippen molar-refractivity contribution in [3.63, 3.8) is 0 Å². The molecular weight excluding hydrogens is 410 g/mol. The van der Waals surface area contributed by atoms with E-state index < -0.39 is 11.8 Å². The number of hydrogen-bond acceptors (Lipinski definition) is 5. The van der Waals surface area contributed by atoms with Crippen molar-refractivity contribution in [2.75, 3.05) is 26.8 Å². The molecule has 2 N–H and O–H groups in total. The molecule has 2 aliphatic heterocycles. The van der Waals surface area contributed by atoms with Crippen LogP contribution in [0.2, 0.25) is 0 Å². The van der Waals surface area contributed by atoms with Gasteiger partial charge in [0.25, 0.3) is 5.91 Å². The third-order valence-corrected chi connectivity index (χ3v) is 7.35. The fraction of sp³-hybridized carbons (Fsp3) is 0.625. The Labute approximate surface area is 189 Å². The largest absolute Gasteiger partial charge is 0.497 e. The Morgan fingerprint density at radius 3 is 2.44 bits per heavy atom. The highest BCUT2D eigenvalue weighted by Crippen LogP contribution is 2.43. The number of piperidine rings is 1. The van der Waals surface area contributed by atoms with Gasteiger partial charge in [0.15, 0.2) is 0 Å². The number of rotatable bonds is 4. The summed E-state index contributed by atoms with van der Waals surface area (Å²) in [5.74, 6) is 0.339. The number of methoxy groups -OCH3 is 1. The molecule has 0 bridgehead atoms. The Balaban J connectivity index is 1.60. The Morgan fingerprint density at radius 1 is 1.12 bits per heavy atom. The third kappa shape index (κ3) is 4.20. The molecule has 3 fully saturated rings. The molecule has 1 aromatic carbocycles. The first-order valence-electron chi connectivity index (χ1n) is 11.5. The SMILES string of the molecule is COc1cccc(C(=O)N2[C@@H](C(=O)N3CCC(C(N)=O)CC3)COC23CCC(C)CC3)c1. The first-order valence-corrected chi connectivity index (χ1v) is 11.5. The minimum absolute atomic E-state index is 0.111. The molecule has 8 nitrogen and oxygen atoms in total. The third-order valence-electron chi connectivity index (χ3n) is 7.35. The quantitative estimate of drug-likeness (QED) is 0.768. The average Bonchev–Trinajstić information content (AvgIpc) is 3.19. The highest BCUT2D eigenvalue weighted by Gasteiger charge is 2.54. The van der Waals surface area contributed by atoms with Gasteiger partial charge in [-0.3, -0.25) is 19.3 Å². The number of hydrogen-bond donors (Lipinski definition) is 1. The number of amides is 3. The van der Waals surface area contributed by atoms with E-state index in [1.165, 1.54) is 0 Å². The predicted molar refractivity (Wildman–Crippen MR) is 118 cm³/mol. The van der Waals surface area contributed by atoms with Crippen molar-refractivity contribution < 1.29 is 23.9 Å². The maximum atomic E-state index is 13.8. The van der Waals surface area contributed by atoms with Gasteiger partial charge >= 0.3 is 0 Å². The van der Waals surface area contributed by atoms with Crippen LogP contribution >= 0.6 is 0 Å². The van der Waals surface area contributed by atoms with E-state index in [1.807, 2.05) is 0 Å². The minimum atomic E-state index is -0.751. The minimum Gasteiger partial charge on any atom is -0.497 e. The van der Waals surface area contributed by atoms with Crippen LogP contribution < -0.4 is 10.5 Å². The molecule has 32 heavy (non-hydrogen) atoms. The summed E-state index contributed by atoms with van der Waals surface area (Å²) in [5.41, 5.74) is 5.17. The number of carbonyl (C=O) groups excluding carboxylic acids is 3. The van der Waals surface area contributed by atoms with E-state index in [0.717, 1.165) is 25.7 Å². The lowest BCUT2D eigenvalue weighted by molar-refractivity contribution is -0.140. The molecule has 1 saturated carbocycles. The lowest BCUT2D eigenvalue weighted by atomic mass is 9.83. The topological polar surface area (TPSA) is 102 Å². The van der Waals surface area contributed by atoms with Crippen LogP contribution in [0.15, 0.2) is 24.3 Å². The summed E-state index contributed by atoms with van der Waals surface area (Å²) in [6.07, 6.45) is 4.46.